The zero-order valence-electron chi connectivity index (χ0n) is 21.2. The first-order valence-electron chi connectivity index (χ1n) is 12.2. The molecule has 3 aromatic carbocycles. The van der Waals surface area contributed by atoms with Crippen LogP contribution in [0.4, 0.5) is 0 Å². The summed E-state index contributed by atoms with van der Waals surface area (Å²) in [4.78, 5) is 28.6. The van der Waals surface area contributed by atoms with E-state index in [2.05, 4.69) is 17.4 Å². The maximum atomic E-state index is 13.6. The van der Waals surface area contributed by atoms with Crippen LogP contribution < -0.4 is 10.1 Å². The van der Waals surface area contributed by atoms with Crippen molar-refractivity contribution in [3.05, 3.63) is 101 Å². The summed E-state index contributed by atoms with van der Waals surface area (Å²) in [6.45, 7) is 8.79. The summed E-state index contributed by atoms with van der Waals surface area (Å²) in [6.07, 6.45) is 1.25. The van der Waals surface area contributed by atoms with Crippen LogP contribution in [0.1, 0.15) is 41.2 Å². The molecule has 0 bridgehead atoms. The quantitative estimate of drug-likeness (QED) is 0.420. The zero-order valence-corrected chi connectivity index (χ0v) is 21.2. The third-order valence-corrected chi connectivity index (χ3v) is 5.81. The van der Waals surface area contributed by atoms with Gasteiger partial charge in [0, 0.05) is 19.5 Å². The van der Waals surface area contributed by atoms with Crippen molar-refractivity contribution < 1.29 is 14.3 Å². The fourth-order valence-electron chi connectivity index (χ4n) is 4.17. The minimum absolute atomic E-state index is 0.138. The molecule has 0 fully saturated rings. The maximum Gasteiger partial charge on any atom is 0.261 e. The van der Waals surface area contributed by atoms with Gasteiger partial charge in [-0.25, -0.2) is 0 Å². The van der Waals surface area contributed by atoms with E-state index in [9.17, 15) is 9.59 Å². The van der Waals surface area contributed by atoms with Crippen LogP contribution in [-0.4, -0.2) is 35.9 Å². The molecule has 0 spiro atoms. The van der Waals surface area contributed by atoms with Crippen LogP contribution in [0.15, 0.2) is 72.8 Å². The number of carbonyl (C=O) groups is 2. The Balaban J connectivity index is 1.90. The number of carbonyl (C=O) groups excluding carboxylic acids is 2. The minimum atomic E-state index is -0.653. The number of benzene rings is 3. The molecule has 2 amide bonds. The molecule has 1 N–H and O–H groups in total. The van der Waals surface area contributed by atoms with Gasteiger partial charge in [-0.15, -0.1) is 0 Å². The lowest BCUT2D eigenvalue weighted by molar-refractivity contribution is -0.142. The first-order valence-corrected chi connectivity index (χ1v) is 12.2. The highest BCUT2D eigenvalue weighted by Crippen LogP contribution is 2.19. The number of aryl methyl sites for hydroxylation is 3. The number of hydrogen-bond acceptors (Lipinski definition) is 3. The second-order valence-corrected chi connectivity index (χ2v) is 9.12. The fraction of sp³-hybridized carbons (Fsp3) is 0.333. The molecule has 0 unspecified atom stereocenters. The van der Waals surface area contributed by atoms with E-state index < -0.39 is 6.04 Å². The van der Waals surface area contributed by atoms with Crippen molar-refractivity contribution in [2.45, 2.75) is 53.1 Å². The van der Waals surface area contributed by atoms with Crippen molar-refractivity contribution in [2.24, 2.45) is 0 Å². The molecule has 184 valence electrons. The van der Waals surface area contributed by atoms with E-state index >= 15 is 0 Å². The molecule has 0 radical (unpaired) electrons. The monoisotopic (exact) mass is 472 g/mol. The van der Waals surface area contributed by atoms with Crippen molar-refractivity contribution in [3.8, 4) is 5.75 Å². The van der Waals surface area contributed by atoms with Crippen molar-refractivity contribution >= 4 is 11.8 Å². The van der Waals surface area contributed by atoms with Gasteiger partial charge in [0.25, 0.3) is 5.91 Å². The van der Waals surface area contributed by atoms with Crippen LogP contribution in [0.25, 0.3) is 0 Å². The summed E-state index contributed by atoms with van der Waals surface area (Å²) in [7, 11) is 0. The SMILES string of the molecule is CCCNC(=O)[C@H](Cc1ccccc1)N(Cc1cccc(C)c1)C(=O)COc1cc(C)cc(C)c1. The number of nitrogens with one attached hydrogen (secondary N) is 1. The highest BCUT2D eigenvalue weighted by Gasteiger charge is 2.30. The molecule has 0 heterocycles. The van der Waals surface area contributed by atoms with Gasteiger partial charge in [-0.3, -0.25) is 9.59 Å². The Kier molecular flexibility index (Phi) is 9.47. The first kappa shape index (κ1) is 26.0. The van der Waals surface area contributed by atoms with Gasteiger partial charge in [0.2, 0.25) is 5.91 Å². The van der Waals surface area contributed by atoms with Crippen molar-refractivity contribution in [3.63, 3.8) is 0 Å². The van der Waals surface area contributed by atoms with Gasteiger partial charge in [-0.05, 0) is 61.6 Å². The standard InChI is InChI=1S/C30H36N2O3/c1-5-14-31-30(34)28(19-25-11-7-6-8-12-25)32(20-26-13-9-10-22(2)16-26)29(33)21-35-27-17-23(3)15-24(4)18-27/h6-13,15-18,28H,5,14,19-21H2,1-4H3,(H,31,34)/t28-/m0/s1. The first-order chi connectivity index (χ1) is 16.9. The predicted molar refractivity (Wildman–Crippen MR) is 140 cm³/mol. The minimum Gasteiger partial charge on any atom is -0.484 e. The Hall–Kier alpha value is -3.60. The third kappa shape index (κ3) is 7.99. The summed E-state index contributed by atoms with van der Waals surface area (Å²) in [5, 5.41) is 3.00. The summed E-state index contributed by atoms with van der Waals surface area (Å²) in [6, 6.07) is 23.1. The van der Waals surface area contributed by atoms with Gasteiger partial charge >= 0.3 is 0 Å². The molecular formula is C30H36N2O3. The van der Waals surface area contributed by atoms with E-state index in [4.69, 9.17) is 4.74 Å². The lowest BCUT2D eigenvalue weighted by Crippen LogP contribution is -2.51. The zero-order chi connectivity index (χ0) is 25.2. The second kappa shape index (κ2) is 12.7. The molecule has 1 atom stereocenters. The van der Waals surface area contributed by atoms with E-state index in [0.717, 1.165) is 34.2 Å². The largest absolute Gasteiger partial charge is 0.484 e. The lowest BCUT2D eigenvalue weighted by Gasteiger charge is -2.31. The van der Waals surface area contributed by atoms with Crippen LogP contribution in [-0.2, 0) is 22.6 Å². The van der Waals surface area contributed by atoms with E-state index in [1.807, 2.05) is 88.4 Å². The number of ether oxygens (including phenoxy) is 1. The van der Waals surface area contributed by atoms with Gasteiger partial charge in [-0.1, -0.05) is 73.2 Å². The third-order valence-electron chi connectivity index (χ3n) is 5.81. The van der Waals surface area contributed by atoms with Crippen LogP contribution in [0.2, 0.25) is 0 Å². The van der Waals surface area contributed by atoms with Gasteiger partial charge < -0.3 is 15.0 Å². The molecule has 0 saturated carbocycles. The van der Waals surface area contributed by atoms with E-state index in [-0.39, 0.29) is 18.4 Å². The summed E-state index contributed by atoms with van der Waals surface area (Å²) >= 11 is 0. The fourth-order valence-corrected chi connectivity index (χ4v) is 4.17. The average Bonchev–Trinajstić information content (AvgIpc) is 2.83. The van der Waals surface area contributed by atoms with Crippen LogP contribution in [0.5, 0.6) is 5.75 Å². The van der Waals surface area contributed by atoms with E-state index in [0.29, 0.717) is 25.3 Å². The molecule has 0 aromatic heterocycles. The number of hydrogen-bond donors (Lipinski definition) is 1. The van der Waals surface area contributed by atoms with Gasteiger partial charge in [0.1, 0.15) is 11.8 Å². The van der Waals surface area contributed by atoms with Crippen LogP contribution >= 0.6 is 0 Å². The molecule has 5 heteroatoms. The maximum absolute atomic E-state index is 13.6. The van der Waals surface area contributed by atoms with Crippen molar-refractivity contribution in [1.82, 2.24) is 10.2 Å². The molecule has 3 rings (SSSR count). The highest BCUT2D eigenvalue weighted by molar-refractivity contribution is 5.88. The van der Waals surface area contributed by atoms with Crippen molar-refractivity contribution in [1.29, 1.82) is 0 Å². The molecule has 0 aliphatic heterocycles. The molecule has 5 nitrogen and oxygen atoms in total. The van der Waals surface area contributed by atoms with E-state index in [1.165, 1.54) is 0 Å². The average molecular weight is 473 g/mol. The molecule has 0 aliphatic rings. The number of rotatable bonds is 11. The number of nitrogens with zero attached hydrogens (tertiary/aromatic N) is 1. The normalized spacial score (nSPS) is 11.5. The molecular weight excluding hydrogens is 436 g/mol. The Labute approximate surface area is 209 Å². The summed E-state index contributed by atoms with van der Waals surface area (Å²) < 4.78 is 5.91. The molecule has 0 aliphatic carbocycles. The smallest absolute Gasteiger partial charge is 0.261 e. The van der Waals surface area contributed by atoms with Gasteiger partial charge in [0.15, 0.2) is 6.61 Å². The van der Waals surface area contributed by atoms with Gasteiger partial charge in [-0.2, -0.15) is 0 Å². The Bertz CT molecular complexity index is 1110. The Morgan fingerprint density at radius 2 is 1.54 bits per heavy atom. The molecule has 35 heavy (non-hydrogen) atoms. The Morgan fingerprint density at radius 3 is 2.20 bits per heavy atom. The topological polar surface area (TPSA) is 58.6 Å². The summed E-state index contributed by atoms with van der Waals surface area (Å²) in [5.41, 5.74) is 5.24. The molecule has 3 aromatic rings. The van der Waals surface area contributed by atoms with Crippen LogP contribution in [0, 0.1) is 20.8 Å². The van der Waals surface area contributed by atoms with Crippen LogP contribution in [0.3, 0.4) is 0 Å². The predicted octanol–water partition coefficient (Wildman–Crippen LogP) is 5.16. The van der Waals surface area contributed by atoms with E-state index in [1.54, 1.807) is 4.90 Å². The van der Waals surface area contributed by atoms with Gasteiger partial charge in [0.05, 0.1) is 0 Å². The summed E-state index contributed by atoms with van der Waals surface area (Å²) in [5.74, 6) is 0.280. The second-order valence-electron chi connectivity index (χ2n) is 9.12. The van der Waals surface area contributed by atoms with Crippen molar-refractivity contribution in [2.75, 3.05) is 13.2 Å². The highest BCUT2D eigenvalue weighted by atomic mass is 16.5. The number of amides is 2. The Morgan fingerprint density at radius 1 is 0.857 bits per heavy atom. The molecule has 0 saturated heterocycles. The lowest BCUT2D eigenvalue weighted by atomic mass is 10.0.